The first-order valence-electron chi connectivity index (χ1n) is 7.49. The quantitative estimate of drug-likeness (QED) is 0.713. The van der Waals surface area contributed by atoms with E-state index in [1.54, 1.807) is 0 Å². The van der Waals surface area contributed by atoms with Crippen LogP contribution < -0.4 is 11.1 Å². The van der Waals surface area contributed by atoms with Crippen molar-refractivity contribution in [1.29, 1.82) is 0 Å². The number of hydrogen-bond donors (Lipinski definition) is 2. The minimum absolute atomic E-state index is 0.0368. The van der Waals surface area contributed by atoms with Crippen LogP contribution in [0.2, 0.25) is 0 Å². The van der Waals surface area contributed by atoms with E-state index < -0.39 is 0 Å². The van der Waals surface area contributed by atoms with Gasteiger partial charge in [-0.2, -0.15) is 0 Å². The molecule has 0 aromatic heterocycles. The van der Waals surface area contributed by atoms with Gasteiger partial charge in [0, 0.05) is 31.6 Å². The summed E-state index contributed by atoms with van der Waals surface area (Å²) in [6.45, 7) is 1.57. The third-order valence-electron chi connectivity index (χ3n) is 5.02. The van der Waals surface area contributed by atoms with Gasteiger partial charge >= 0.3 is 0 Å². The Labute approximate surface area is 113 Å². The van der Waals surface area contributed by atoms with Crippen molar-refractivity contribution in [2.24, 2.45) is 17.6 Å². The first-order valence-corrected chi connectivity index (χ1v) is 7.49. The summed E-state index contributed by atoms with van der Waals surface area (Å²) >= 11 is 0. The van der Waals surface area contributed by atoms with Crippen LogP contribution in [0.3, 0.4) is 0 Å². The average molecular weight is 265 g/mol. The van der Waals surface area contributed by atoms with Crippen LogP contribution in [0.5, 0.6) is 0 Å². The summed E-state index contributed by atoms with van der Waals surface area (Å²) in [4.78, 5) is 25.9. The molecule has 19 heavy (non-hydrogen) atoms. The Bertz CT molecular complexity index is 385. The van der Waals surface area contributed by atoms with E-state index in [0.29, 0.717) is 12.3 Å². The lowest BCUT2D eigenvalue weighted by Gasteiger charge is -2.42. The fourth-order valence-corrected chi connectivity index (χ4v) is 3.84. The highest BCUT2D eigenvalue weighted by Gasteiger charge is 2.39. The summed E-state index contributed by atoms with van der Waals surface area (Å²) in [6, 6.07) is 0.332. The predicted octanol–water partition coefficient (Wildman–Crippen LogP) is 0.241. The molecule has 2 saturated heterocycles. The zero-order valence-corrected chi connectivity index (χ0v) is 11.3. The van der Waals surface area contributed by atoms with Gasteiger partial charge in [0.1, 0.15) is 0 Å². The molecule has 4 atom stereocenters. The molecule has 0 radical (unpaired) electrons. The highest BCUT2D eigenvalue weighted by atomic mass is 16.2. The second-order valence-electron chi connectivity index (χ2n) is 6.25. The Morgan fingerprint density at radius 2 is 2.11 bits per heavy atom. The van der Waals surface area contributed by atoms with Crippen molar-refractivity contribution >= 4 is 11.8 Å². The summed E-state index contributed by atoms with van der Waals surface area (Å²) in [6.07, 6.45) is 5.41. The molecular formula is C14H23N3O2. The molecule has 3 rings (SSSR count). The first kappa shape index (κ1) is 12.9. The molecule has 0 aromatic carbocycles. The number of rotatable bonds is 1. The van der Waals surface area contributed by atoms with E-state index in [1.165, 1.54) is 0 Å². The average Bonchev–Trinajstić information content (AvgIpc) is 2.83. The van der Waals surface area contributed by atoms with Gasteiger partial charge in [0.05, 0.1) is 5.92 Å². The highest BCUT2D eigenvalue weighted by Crippen LogP contribution is 2.30. The lowest BCUT2D eigenvalue weighted by atomic mass is 9.84. The predicted molar refractivity (Wildman–Crippen MR) is 71.2 cm³/mol. The largest absolute Gasteiger partial charge is 0.353 e. The van der Waals surface area contributed by atoms with Crippen LogP contribution in [0, 0.1) is 11.8 Å². The number of piperidine rings is 2. The molecule has 1 saturated carbocycles. The molecule has 3 fully saturated rings. The van der Waals surface area contributed by atoms with Crippen molar-refractivity contribution in [3.05, 3.63) is 0 Å². The van der Waals surface area contributed by atoms with Crippen LogP contribution in [-0.2, 0) is 9.59 Å². The van der Waals surface area contributed by atoms with Crippen LogP contribution in [0.15, 0.2) is 0 Å². The number of carbonyl (C=O) groups is 2. The molecule has 4 unspecified atom stereocenters. The summed E-state index contributed by atoms with van der Waals surface area (Å²) in [5.74, 6) is 0.891. The van der Waals surface area contributed by atoms with Crippen LogP contribution in [0.1, 0.15) is 38.5 Å². The molecule has 1 aliphatic carbocycles. The van der Waals surface area contributed by atoms with Gasteiger partial charge in [-0.25, -0.2) is 0 Å². The zero-order valence-electron chi connectivity index (χ0n) is 11.3. The summed E-state index contributed by atoms with van der Waals surface area (Å²) in [7, 11) is 0. The smallest absolute Gasteiger partial charge is 0.227 e. The van der Waals surface area contributed by atoms with Gasteiger partial charge in [-0.1, -0.05) is 6.42 Å². The van der Waals surface area contributed by atoms with E-state index in [1.807, 2.05) is 4.90 Å². The zero-order chi connectivity index (χ0) is 13.4. The van der Waals surface area contributed by atoms with Crippen molar-refractivity contribution < 1.29 is 9.59 Å². The maximum absolute atomic E-state index is 12.5. The third-order valence-corrected chi connectivity index (χ3v) is 5.02. The lowest BCUT2D eigenvalue weighted by Crippen LogP contribution is -2.56. The summed E-state index contributed by atoms with van der Waals surface area (Å²) in [5.41, 5.74) is 6.03. The molecular weight excluding hydrogens is 242 g/mol. The van der Waals surface area contributed by atoms with Gasteiger partial charge in [-0.05, 0) is 31.6 Å². The molecule has 2 amide bonds. The topological polar surface area (TPSA) is 75.4 Å². The van der Waals surface area contributed by atoms with Crippen molar-refractivity contribution in [2.75, 3.05) is 13.1 Å². The number of carbonyl (C=O) groups excluding carboxylic acids is 2. The van der Waals surface area contributed by atoms with Gasteiger partial charge in [0.25, 0.3) is 0 Å². The lowest BCUT2D eigenvalue weighted by molar-refractivity contribution is -0.139. The Morgan fingerprint density at radius 3 is 2.84 bits per heavy atom. The normalized spacial score (nSPS) is 38.8. The molecule has 2 heterocycles. The molecule has 3 N–H and O–H groups in total. The second-order valence-corrected chi connectivity index (χ2v) is 6.25. The number of hydrogen-bond acceptors (Lipinski definition) is 3. The minimum Gasteiger partial charge on any atom is -0.353 e. The molecule has 2 aliphatic heterocycles. The van der Waals surface area contributed by atoms with E-state index in [4.69, 9.17) is 5.73 Å². The van der Waals surface area contributed by atoms with Crippen LogP contribution in [-0.4, -0.2) is 41.9 Å². The highest BCUT2D eigenvalue weighted by molar-refractivity contribution is 5.80. The maximum Gasteiger partial charge on any atom is 0.227 e. The molecule has 3 aliphatic rings. The SMILES string of the molecule is NC1CCCC1C(=O)N1CCC2NC(=O)CCC2C1. The van der Waals surface area contributed by atoms with E-state index in [9.17, 15) is 9.59 Å². The first-order chi connectivity index (χ1) is 9.15. The fraction of sp³-hybridized carbons (Fsp3) is 0.857. The van der Waals surface area contributed by atoms with E-state index >= 15 is 0 Å². The number of nitrogens with two attached hydrogens (primary N) is 1. The minimum atomic E-state index is 0.0368. The van der Waals surface area contributed by atoms with Crippen LogP contribution in [0.4, 0.5) is 0 Å². The summed E-state index contributed by atoms with van der Waals surface area (Å²) < 4.78 is 0. The number of nitrogens with one attached hydrogen (secondary N) is 1. The van der Waals surface area contributed by atoms with Gasteiger partial charge < -0.3 is 16.0 Å². The second kappa shape index (κ2) is 5.12. The van der Waals surface area contributed by atoms with E-state index in [-0.39, 0.29) is 29.8 Å². The van der Waals surface area contributed by atoms with E-state index in [0.717, 1.165) is 45.2 Å². The van der Waals surface area contributed by atoms with Crippen molar-refractivity contribution in [3.8, 4) is 0 Å². The molecule has 0 aromatic rings. The molecule has 5 nitrogen and oxygen atoms in total. The number of nitrogens with zero attached hydrogens (tertiary/aromatic N) is 1. The Hall–Kier alpha value is -1.10. The van der Waals surface area contributed by atoms with Gasteiger partial charge in [0.15, 0.2) is 0 Å². The van der Waals surface area contributed by atoms with Gasteiger partial charge in [0.2, 0.25) is 11.8 Å². The maximum atomic E-state index is 12.5. The van der Waals surface area contributed by atoms with Crippen LogP contribution in [0.25, 0.3) is 0 Å². The number of amides is 2. The van der Waals surface area contributed by atoms with Crippen LogP contribution >= 0.6 is 0 Å². The van der Waals surface area contributed by atoms with Crippen molar-refractivity contribution in [3.63, 3.8) is 0 Å². The molecule has 0 spiro atoms. The van der Waals surface area contributed by atoms with Gasteiger partial charge in [-0.3, -0.25) is 9.59 Å². The van der Waals surface area contributed by atoms with Gasteiger partial charge in [-0.15, -0.1) is 0 Å². The number of fused-ring (bicyclic) bond motifs is 1. The summed E-state index contributed by atoms with van der Waals surface area (Å²) in [5, 5.41) is 3.05. The molecule has 0 bridgehead atoms. The van der Waals surface area contributed by atoms with Crippen molar-refractivity contribution in [2.45, 2.75) is 50.6 Å². The Kier molecular flexibility index (Phi) is 3.48. The monoisotopic (exact) mass is 265 g/mol. The fourth-order valence-electron chi connectivity index (χ4n) is 3.84. The third kappa shape index (κ3) is 2.48. The molecule has 106 valence electrons. The standard InChI is InChI=1S/C14H23N3O2/c15-11-3-1-2-10(11)14(19)17-7-6-12-9(8-17)4-5-13(18)16-12/h9-12H,1-8,15H2,(H,16,18). The Balaban J connectivity index is 1.61. The molecule has 5 heteroatoms. The number of likely N-dealkylation sites (tertiary alicyclic amines) is 1. The Morgan fingerprint density at radius 1 is 1.26 bits per heavy atom. The van der Waals surface area contributed by atoms with Crippen molar-refractivity contribution in [1.82, 2.24) is 10.2 Å². The van der Waals surface area contributed by atoms with E-state index in [2.05, 4.69) is 5.32 Å².